The van der Waals surface area contributed by atoms with E-state index >= 15 is 0 Å². The van der Waals surface area contributed by atoms with E-state index in [0.29, 0.717) is 32.0 Å². The molecular weight excluding hydrogens is 311 g/mol. The number of halogens is 1. The molecule has 0 aromatic heterocycles. The van der Waals surface area contributed by atoms with Crippen LogP contribution >= 0.6 is 0 Å². The first-order chi connectivity index (χ1) is 11.6. The molecule has 24 heavy (non-hydrogen) atoms. The maximum absolute atomic E-state index is 13.4. The highest BCUT2D eigenvalue weighted by atomic mass is 19.1. The van der Waals surface area contributed by atoms with Crippen molar-refractivity contribution >= 4 is 5.91 Å². The van der Waals surface area contributed by atoms with Crippen LogP contribution in [0.2, 0.25) is 0 Å². The predicted molar refractivity (Wildman–Crippen MR) is 90.6 cm³/mol. The molecule has 1 aromatic rings. The average Bonchev–Trinajstić information content (AvgIpc) is 2.58. The van der Waals surface area contributed by atoms with Crippen LogP contribution in [0.25, 0.3) is 0 Å². The van der Waals surface area contributed by atoms with E-state index in [1.54, 1.807) is 18.2 Å². The van der Waals surface area contributed by atoms with Gasteiger partial charge in [-0.25, -0.2) is 4.39 Å². The summed E-state index contributed by atoms with van der Waals surface area (Å²) in [5, 5.41) is 2.96. The zero-order valence-electron chi connectivity index (χ0n) is 14.5. The molecule has 1 saturated heterocycles. The Balaban J connectivity index is 1.60. The number of nitrogens with one attached hydrogen (secondary N) is 1. The van der Waals surface area contributed by atoms with E-state index in [2.05, 4.69) is 24.1 Å². The van der Waals surface area contributed by atoms with Crippen LogP contribution in [0, 0.1) is 5.82 Å². The third kappa shape index (κ3) is 5.76. The van der Waals surface area contributed by atoms with Gasteiger partial charge in [0.15, 0.2) is 11.6 Å². The third-order valence-corrected chi connectivity index (χ3v) is 4.22. The van der Waals surface area contributed by atoms with Gasteiger partial charge >= 0.3 is 0 Å². The van der Waals surface area contributed by atoms with Crippen molar-refractivity contribution < 1.29 is 18.7 Å². The summed E-state index contributed by atoms with van der Waals surface area (Å²) in [5.74, 6) is -0.150. The second-order valence-electron chi connectivity index (χ2n) is 6.20. The maximum Gasteiger partial charge on any atom is 0.220 e. The van der Waals surface area contributed by atoms with Crippen LogP contribution in [0.4, 0.5) is 4.39 Å². The lowest BCUT2D eigenvalue weighted by Crippen LogP contribution is -2.51. The third-order valence-electron chi connectivity index (χ3n) is 4.22. The molecule has 2 rings (SSSR count). The van der Waals surface area contributed by atoms with Gasteiger partial charge in [-0.05, 0) is 32.4 Å². The van der Waals surface area contributed by atoms with Gasteiger partial charge < -0.3 is 14.8 Å². The number of para-hydroxylation sites is 1. The molecule has 1 N–H and O–H groups in total. The van der Waals surface area contributed by atoms with Crippen molar-refractivity contribution in [2.45, 2.75) is 38.8 Å². The smallest absolute Gasteiger partial charge is 0.220 e. The SMILES string of the molecule is C[C@H](CNC(=O)CCCOc1ccccc1F)N1CCOC[C@@H]1C. The van der Waals surface area contributed by atoms with Gasteiger partial charge in [-0.2, -0.15) is 0 Å². The van der Waals surface area contributed by atoms with Gasteiger partial charge in [-0.15, -0.1) is 0 Å². The van der Waals surface area contributed by atoms with E-state index in [4.69, 9.17) is 9.47 Å². The molecular formula is C18H27FN2O3. The van der Waals surface area contributed by atoms with Crippen molar-refractivity contribution in [3.8, 4) is 5.75 Å². The molecule has 0 saturated carbocycles. The Hall–Kier alpha value is -1.66. The van der Waals surface area contributed by atoms with Crippen molar-refractivity contribution in [2.75, 3.05) is 32.9 Å². The highest BCUT2D eigenvalue weighted by Gasteiger charge is 2.23. The highest BCUT2D eigenvalue weighted by Crippen LogP contribution is 2.15. The van der Waals surface area contributed by atoms with E-state index in [1.807, 2.05) is 0 Å². The summed E-state index contributed by atoms with van der Waals surface area (Å²) in [7, 11) is 0. The van der Waals surface area contributed by atoms with Crippen molar-refractivity contribution in [2.24, 2.45) is 0 Å². The number of rotatable bonds is 8. The Morgan fingerprint density at radius 2 is 2.29 bits per heavy atom. The Kier molecular flexibility index (Phi) is 7.46. The number of ether oxygens (including phenoxy) is 2. The second kappa shape index (κ2) is 9.59. The topological polar surface area (TPSA) is 50.8 Å². The fourth-order valence-corrected chi connectivity index (χ4v) is 2.84. The molecule has 1 amide bonds. The molecule has 134 valence electrons. The fraction of sp³-hybridized carbons (Fsp3) is 0.611. The number of carbonyl (C=O) groups excluding carboxylic acids is 1. The van der Waals surface area contributed by atoms with Crippen molar-refractivity contribution in [3.05, 3.63) is 30.1 Å². The largest absolute Gasteiger partial charge is 0.491 e. The summed E-state index contributed by atoms with van der Waals surface area (Å²) in [6, 6.07) is 6.93. The number of hydrogen-bond acceptors (Lipinski definition) is 4. The lowest BCUT2D eigenvalue weighted by atomic mass is 10.2. The summed E-state index contributed by atoms with van der Waals surface area (Å²) < 4.78 is 24.1. The lowest BCUT2D eigenvalue weighted by molar-refractivity contribution is -0.121. The van der Waals surface area contributed by atoms with Gasteiger partial charge in [0.25, 0.3) is 0 Å². The Labute approximate surface area is 143 Å². The molecule has 6 heteroatoms. The van der Waals surface area contributed by atoms with Crippen LogP contribution in [-0.4, -0.2) is 55.8 Å². The van der Waals surface area contributed by atoms with Gasteiger partial charge in [-0.1, -0.05) is 12.1 Å². The molecule has 0 bridgehead atoms. The van der Waals surface area contributed by atoms with Crippen LogP contribution in [0.1, 0.15) is 26.7 Å². The van der Waals surface area contributed by atoms with E-state index < -0.39 is 0 Å². The number of benzene rings is 1. The summed E-state index contributed by atoms with van der Waals surface area (Å²) in [6.45, 7) is 7.58. The number of nitrogens with zero attached hydrogens (tertiary/aromatic N) is 1. The molecule has 2 atom stereocenters. The zero-order chi connectivity index (χ0) is 17.4. The molecule has 1 aliphatic rings. The first-order valence-corrected chi connectivity index (χ1v) is 8.55. The minimum Gasteiger partial charge on any atom is -0.491 e. The summed E-state index contributed by atoms with van der Waals surface area (Å²) in [5.41, 5.74) is 0. The average molecular weight is 338 g/mol. The van der Waals surface area contributed by atoms with Crippen molar-refractivity contribution in [1.29, 1.82) is 0 Å². The molecule has 1 aromatic carbocycles. The van der Waals surface area contributed by atoms with Crippen LogP contribution < -0.4 is 10.1 Å². The van der Waals surface area contributed by atoms with E-state index in [-0.39, 0.29) is 23.5 Å². The molecule has 0 spiro atoms. The molecule has 5 nitrogen and oxygen atoms in total. The summed E-state index contributed by atoms with van der Waals surface area (Å²) >= 11 is 0. The van der Waals surface area contributed by atoms with Gasteiger partial charge in [0.05, 0.1) is 19.8 Å². The Bertz CT molecular complexity index is 527. The van der Waals surface area contributed by atoms with Crippen LogP contribution in [0.3, 0.4) is 0 Å². The summed E-state index contributed by atoms with van der Waals surface area (Å²) in [6.07, 6.45) is 0.933. The molecule has 0 unspecified atom stereocenters. The first kappa shape index (κ1) is 18.7. The van der Waals surface area contributed by atoms with E-state index in [0.717, 1.165) is 19.8 Å². The molecule has 1 heterocycles. The quantitative estimate of drug-likeness (QED) is 0.739. The second-order valence-corrected chi connectivity index (χ2v) is 6.20. The maximum atomic E-state index is 13.4. The summed E-state index contributed by atoms with van der Waals surface area (Å²) in [4.78, 5) is 14.3. The standard InChI is InChI=1S/C18H27FN2O3/c1-14(21-9-11-23-13-15(21)2)12-20-18(22)8-5-10-24-17-7-4-3-6-16(17)19/h3-4,6-7,14-15H,5,8-13H2,1-2H3,(H,20,22)/t14-,15+/m1/s1. The molecule has 1 fully saturated rings. The Morgan fingerprint density at radius 1 is 1.50 bits per heavy atom. The highest BCUT2D eigenvalue weighted by molar-refractivity contribution is 5.75. The number of morpholine rings is 1. The Morgan fingerprint density at radius 3 is 3.04 bits per heavy atom. The number of hydrogen-bond donors (Lipinski definition) is 1. The minimum absolute atomic E-state index is 0.0000962. The molecule has 0 radical (unpaired) electrons. The van der Waals surface area contributed by atoms with Crippen molar-refractivity contribution in [3.63, 3.8) is 0 Å². The van der Waals surface area contributed by atoms with Gasteiger partial charge in [0.2, 0.25) is 5.91 Å². The van der Waals surface area contributed by atoms with Gasteiger partial charge in [0, 0.05) is 31.6 Å². The number of amides is 1. The van der Waals surface area contributed by atoms with E-state index in [1.165, 1.54) is 6.07 Å². The number of carbonyl (C=O) groups is 1. The molecule has 1 aliphatic heterocycles. The van der Waals surface area contributed by atoms with Crippen LogP contribution in [0.5, 0.6) is 5.75 Å². The normalized spacial score (nSPS) is 19.7. The predicted octanol–water partition coefficient (Wildman–Crippen LogP) is 2.21. The van der Waals surface area contributed by atoms with Crippen LogP contribution in [-0.2, 0) is 9.53 Å². The van der Waals surface area contributed by atoms with Crippen LogP contribution in [0.15, 0.2) is 24.3 Å². The van der Waals surface area contributed by atoms with E-state index in [9.17, 15) is 9.18 Å². The fourth-order valence-electron chi connectivity index (χ4n) is 2.84. The molecule has 0 aliphatic carbocycles. The van der Waals surface area contributed by atoms with Gasteiger partial charge in [0.1, 0.15) is 0 Å². The van der Waals surface area contributed by atoms with Crippen molar-refractivity contribution in [1.82, 2.24) is 10.2 Å². The monoisotopic (exact) mass is 338 g/mol. The first-order valence-electron chi connectivity index (χ1n) is 8.55. The lowest BCUT2D eigenvalue weighted by Gasteiger charge is -2.37. The van der Waals surface area contributed by atoms with Gasteiger partial charge in [-0.3, -0.25) is 9.69 Å². The minimum atomic E-state index is -0.379. The zero-order valence-corrected chi connectivity index (χ0v) is 14.5.